The van der Waals surface area contributed by atoms with E-state index in [2.05, 4.69) is 33.0 Å². The lowest BCUT2D eigenvalue weighted by atomic mass is 9.95. The number of halogens is 1. The van der Waals surface area contributed by atoms with Gasteiger partial charge < -0.3 is 14.6 Å². The van der Waals surface area contributed by atoms with Crippen LogP contribution in [0, 0.1) is 0 Å². The third kappa shape index (κ3) is 2.36. The lowest BCUT2D eigenvalue weighted by Gasteiger charge is -2.35. The number of aliphatic hydroxyl groups is 1. The van der Waals surface area contributed by atoms with Gasteiger partial charge in [0, 0.05) is 16.6 Å². The maximum atomic E-state index is 10.7. The molecular weight excluding hydrogens is 346 g/mol. The number of benzene rings is 1. The average Bonchev–Trinajstić information content (AvgIpc) is 3.21. The van der Waals surface area contributed by atoms with Crippen LogP contribution in [0.4, 0.5) is 0 Å². The molecule has 0 amide bonds. The van der Waals surface area contributed by atoms with E-state index in [9.17, 15) is 5.11 Å². The molecule has 1 fully saturated rings. The SMILES string of the molecule is O[C@@H](CN1CCCC12C=CCC2)c1cc2c(cc1Br)OCO2. The van der Waals surface area contributed by atoms with Crippen LogP contribution in [-0.4, -0.2) is 35.4 Å². The Labute approximate surface area is 138 Å². The summed E-state index contributed by atoms with van der Waals surface area (Å²) >= 11 is 3.55. The minimum absolute atomic E-state index is 0.184. The number of hydrogen-bond donors (Lipinski definition) is 1. The van der Waals surface area contributed by atoms with Gasteiger partial charge in [-0.25, -0.2) is 0 Å². The van der Waals surface area contributed by atoms with E-state index in [-0.39, 0.29) is 12.3 Å². The summed E-state index contributed by atoms with van der Waals surface area (Å²) in [6.45, 7) is 1.97. The lowest BCUT2D eigenvalue weighted by Crippen LogP contribution is -2.42. The Kier molecular flexibility index (Phi) is 3.67. The average molecular weight is 366 g/mol. The molecule has 118 valence electrons. The zero-order valence-electron chi connectivity index (χ0n) is 12.4. The van der Waals surface area contributed by atoms with Crippen LogP contribution in [0.15, 0.2) is 28.8 Å². The molecule has 0 saturated carbocycles. The Balaban J connectivity index is 1.55. The number of ether oxygens (including phenoxy) is 2. The Bertz CT molecular complexity index is 618. The number of rotatable bonds is 3. The summed E-state index contributed by atoms with van der Waals surface area (Å²) < 4.78 is 11.7. The molecule has 3 aliphatic rings. The van der Waals surface area contributed by atoms with E-state index in [4.69, 9.17) is 9.47 Å². The molecule has 1 N–H and O–H groups in total. The van der Waals surface area contributed by atoms with Gasteiger partial charge >= 0.3 is 0 Å². The van der Waals surface area contributed by atoms with Crippen molar-refractivity contribution in [1.82, 2.24) is 4.90 Å². The maximum absolute atomic E-state index is 10.7. The molecule has 1 aromatic rings. The molecule has 2 atom stereocenters. The summed E-state index contributed by atoms with van der Waals surface area (Å²) in [5.74, 6) is 1.45. The molecule has 0 bridgehead atoms. The molecule has 1 unspecified atom stereocenters. The standard InChI is InChI=1S/C17H20BrNO3/c18-13-9-16-15(21-11-22-16)8-12(13)14(20)10-19-7-3-6-17(19)4-1-2-5-17/h1,4,8-9,14,20H,2-3,5-7,10-11H2/t14-,17?/m0/s1. The molecular formula is C17H20BrNO3. The second-order valence-electron chi connectivity index (χ2n) is 6.34. The normalized spacial score (nSPS) is 27.9. The monoisotopic (exact) mass is 365 g/mol. The van der Waals surface area contributed by atoms with Gasteiger partial charge in [-0.15, -0.1) is 0 Å². The second kappa shape index (κ2) is 5.55. The van der Waals surface area contributed by atoms with Crippen molar-refractivity contribution in [2.75, 3.05) is 19.9 Å². The number of nitrogens with zero attached hydrogens (tertiary/aromatic N) is 1. The molecule has 1 saturated heterocycles. The van der Waals surface area contributed by atoms with Gasteiger partial charge in [0.15, 0.2) is 11.5 Å². The van der Waals surface area contributed by atoms with Gasteiger partial charge in [0.2, 0.25) is 6.79 Å². The predicted molar refractivity (Wildman–Crippen MR) is 87.1 cm³/mol. The first-order chi connectivity index (χ1) is 10.7. The summed E-state index contributed by atoms with van der Waals surface area (Å²) in [7, 11) is 0. The molecule has 22 heavy (non-hydrogen) atoms. The molecule has 2 heterocycles. The molecule has 4 rings (SSSR count). The van der Waals surface area contributed by atoms with Crippen LogP contribution in [0.3, 0.4) is 0 Å². The summed E-state index contributed by atoms with van der Waals surface area (Å²) in [4.78, 5) is 2.44. The molecule has 5 heteroatoms. The van der Waals surface area contributed by atoms with E-state index in [0.717, 1.165) is 28.8 Å². The molecule has 1 spiro atoms. The van der Waals surface area contributed by atoms with Crippen LogP contribution in [0.5, 0.6) is 11.5 Å². The van der Waals surface area contributed by atoms with E-state index in [1.54, 1.807) is 0 Å². The number of β-amino-alcohol motifs (C(OH)–C–C–N with tert-alkyl or cyclic N) is 1. The second-order valence-corrected chi connectivity index (χ2v) is 7.19. The van der Waals surface area contributed by atoms with Gasteiger partial charge in [0.25, 0.3) is 0 Å². The van der Waals surface area contributed by atoms with Gasteiger partial charge in [-0.05, 0) is 49.9 Å². The zero-order chi connectivity index (χ0) is 15.2. The first kappa shape index (κ1) is 14.5. The van der Waals surface area contributed by atoms with Crippen LogP contribution in [0.25, 0.3) is 0 Å². The number of hydrogen-bond acceptors (Lipinski definition) is 4. The Morgan fingerprint density at radius 2 is 2.09 bits per heavy atom. The zero-order valence-corrected chi connectivity index (χ0v) is 14.0. The van der Waals surface area contributed by atoms with E-state index >= 15 is 0 Å². The van der Waals surface area contributed by atoms with Crippen molar-refractivity contribution in [2.24, 2.45) is 0 Å². The topological polar surface area (TPSA) is 41.9 Å². The Morgan fingerprint density at radius 1 is 1.27 bits per heavy atom. The highest BCUT2D eigenvalue weighted by Crippen LogP contribution is 2.42. The van der Waals surface area contributed by atoms with E-state index in [1.165, 1.54) is 19.3 Å². The maximum Gasteiger partial charge on any atom is 0.231 e. The molecule has 0 radical (unpaired) electrons. The third-order valence-corrected chi connectivity index (χ3v) is 5.77. The highest BCUT2D eigenvalue weighted by Gasteiger charge is 2.40. The lowest BCUT2D eigenvalue weighted by molar-refractivity contribution is 0.0813. The third-order valence-electron chi connectivity index (χ3n) is 5.08. The van der Waals surface area contributed by atoms with Crippen molar-refractivity contribution in [3.63, 3.8) is 0 Å². The minimum atomic E-state index is -0.534. The summed E-state index contributed by atoms with van der Waals surface area (Å²) in [6.07, 6.45) is 8.84. The van der Waals surface area contributed by atoms with Gasteiger partial charge in [0.1, 0.15) is 0 Å². The van der Waals surface area contributed by atoms with Crippen molar-refractivity contribution in [3.05, 3.63) is 34.3 Å². The van der Waals surface area contributed by atoms with Crippen molar-refractivity contribution in [3.8, 4) is 11.5 Å². The largest absolute Gasteiger partial charge is 0.454 e. The van der Waals surface area contributed by atoms with Crippen molar-refractivity contribution >= 4 is 15.9 Å². The number of likely N-dealkylation sites (tertiary alicyclic amines) is 1. The number of fused-ring (bicyclic) bond motifs is 1. The Hall–Kier alpha value is -1.04. The van der Waals surface area contributed by atoms with Crippen LogP contribution in [0.2, 0.25) is 0 Å². The van der Waals surface area contributed by atoms with Crippen molar-refractivity contribution < 1.29 is 14.6 Å². The van der Waals surface area contributed by atoms with Crippen molar-refractivity contribution in [1.29, 1.82) is 0 Å². The Morgan fingerprint density at radius 3 is 2.86 bits per heavy atom. The smallest absolute Gasteiger partial charge is 0.231 e. The summed E-state index contributed by atoms with van der Waals surface area (Å²) in [5, 5.41) is 10.7. The van der Waals surface area contributed by atoms with Crippen molar-refractivity contribution in [2.45, 2.75) is 37.3 Å². The predicted octanol–water partition coefficient (Wildman–Crippen LogP) is 3.40. The number of aliphatic hydroxyl groups excluding tert-OH is 1. The molecule has 1 aromatic carbocycles. The van der Waals surface area contributed by atoms with Crippen LogP contribution in [-0.2, 0) is 0 Å². The van der Waals surface area contributed by atoms with Gasteiger partial charge in [-0.3, -0.25) is 4.90 Å². The molecule has 2 aliphatic heterocycles. The van der Waals surface area contributed by atoms with Gasteiger partial charge in [-0.1, -0.05) is 28.1 Å². The summed E-state index contributed by atoms with van der Waals surface area (Å²) in [5.41, 5.74) is 1.05. The van der Waals surface area contributed by atoms with Crippen LogP contribution >= 0.6 is 15.9 Å². The molecule has 4 nitrogen and oxygen atoms in total. The number of allylic oxidation sites excluding steroid dienone is 1. The van der Waals surface area contributed by atoms with E-state index < -0.39 is 6.10 Å². The molecule has 1 aliphatic carbocycles. The van der Waals surface area contributed by atoms with E-state index in [0.29, 0.717) is 12.3 Å². The van der Waals surface area contributed by atoms with Crippen LogP contribution < -0.4 is 9.47 Å². The first-order valence-corrected chi connectivity index (χ1v) is 8.67. The fraction of sp³-hybridized carbons (Fsp3) is 0.529. The van der Waals surface area contributed by atoms with Crippen LogP contribution in [0.1, 0.15) is 37.4 Å². The van der Waals surface area contributed by atoms with Gasteiger partial charge in [-0.2, -0.15) is 0 Å². The van der Waals surface area contributed by atoms with E-state index in [1.807, 2.05) is 12.1 Å². The highest BCUT2D eigenvalue weighted by atomic mass is 79.9. The quantitative estimate of drug-likeness (QED) is 0.833. The summed E-state index contributed by atoms with van der Waals surface area (Å²) in [6, 6.07) is 3.78. The molecule has 0 aromatic heterocycles. The highest BCUT2D eigenvalue weighted by molar-refractivity contribution is 9.10. The minimum Gasteiger partial charge on any atom is -0.454 e. The first-order valence-electron chi connectivity index (χ1n) is 7.88. The fourth-order valence-corrected chi connectivity index (χ4v) is 4.50. The van der Waals surface area contributed by atoms with Gasteiger partial charge in [0.05, 0.1) is 6.10 Å². The fourth-order valence-electron chi connectivity index (χ4n) is 3.92.